The smallest absolute Gasteiger partial charge is 0.343 e. The number of fused-ring (bicyclic) bond motifs is 3. The van der Waals surface area contributed by atoms with Crippen molar-refractivity contribution >= 4 is 28.2 Å². The summed E-state index contributed by atoms with van der Waals surface area (Å²) in [6.45, 7) is 8.69. The van der Waals surface area contributed by atoms with Crippen LogP contribution in [0.15, 0.2) is 48.5 Å². The van der Waals surface area contributed by atoms with Crippen molar-refractivity contribution in [3.05, 3.63) is 81.2 Å². The van der Waals surface area contributed by atoms with E-state index in [-0.39, 0.29) is 23.5 Å². The molecule has 1 aromatic heterocycles. The molecule has 0 bridgehead atoms. The fourth-order valence-corrected chi connectivity index (χ4v) is 6.07. The Hall–Kier alpha value is -3.12. The van der Waals surface area contributed by atoms with E-state index in [0.717, 1.165) is 35.4 Å². The highest BCUT2D eigenvalue weighted by Gasteiger charge is 2.33. The number of esters is 1. The van der Waals surface area contributed by atoms with Crippen LogP contribution in [-0.2, 0) is 18.3 Å². The molecule has 0 radical (unpaired) electrons. The normalized spacial score (nSPS) is 19.5. The second-order valence-electron chi connectivity index (χ2n) is 10.4. The maximum Gasteiger partial charge on any atom is 0.343 e. The second-order valence-corrected chi connectivity index (χ2v) is 11.5. The summed E-state index contributed by atoms with van der Waals surface area (Å²) in [5.41, 5.74) is 4.67. The van der Waals surface area contributed by atoms with Crippen molar-refractivity contribution in [2.24, 2.45) is 5.92 Å². The summed E-state index contributed by atoms with van der Waals surface area (Å²) < 4.78 is 5.57. The Morgan fingerprint density at radius 1 is 1.03 bits per heavy atom. The molecular weight excluding hydrogens is 444 g/mol. The molecule has 2 aliphatic rings. The average Bonchev–Trinajstić information content (AvgIpc) is 3.17. The molecule has 6 heteroatoms. The van der Waals surface area contributed by atoms with Crippen LogP contribution in [0.5, 0.6) is 5.75 Å². The fraction of sp³-hybridized carbons (Fsp3) is 0.357. The van der Waals surface area contributed by atoms with Crippen molar-refractivity contribution in [2.75, 3.05) is 5.32 Å². The van der Waals surface area contributed by atoms with E-state index in [0.29, 0.717) is 17.2 Å². The molecule has 0 saturated carbocycles. The molecule has 2 N–H and O–H groups in total. The van der Waals surface area contributed by atoms with E-state index >= 15 is 0 Å². The van der Waals surface area contributed by atoms with Gasteiger partial charge in [-0.3, -0.25) is 4.79 Å². The topological polar surface area (TPSA) is 67.4 Å². The van der Waals surface area contributed by atoms with Crippen LogP contribution in [0.2, 0.25) is 0 Å². The lowest BCUT2D eigenvalue weighted by Crippen LogP contribution is -2.38. The Balaban J connectivity index is 1.27. The lowest BCUT2D eigenvalue weighted by atomic mass is 9.87. The molecule has 0 fully saturated rings. The number of benzene rings is 2. The van der Waals surface area contributed by atoms with Crippen LogP contribution in [0.1, 0.15) is 82.6 Å². The van der Waals surface area contributed by atoms with Crippen LogP contribution in [0.25, 0.3) is 0 Å². The zero-order valence-electron chi connectivity index (χ0n) is 20.0. The maximum atomic E-state index is 12.9. The molecule has 0 spiro atoms. The zero-order valence-corrected chi connectivity index (χ0v) is 20.8. The first-order valence-corrected chi connectivity index (χ1v) is 12.7. The Kier molecular flexibility index (Phi) is 5.72. The molecule has 34 heavy (non-hydrogen) atoms. The summed E-state index contributed by atoms with van der Waals surface area (Å²) in [6.07, 6.45) is 2.84. The van der Waals surface area contributed by atoms with Crippen LogP contribution in [0, 0.1) is 5.92 Å². The molecule has 2 aromatic carbocycles. The highest BCUT2D eigenvalue weighted by atomic mass is 32.1. The summed E-state index contributed by atoms with van der Waals surface area (Å²) in [4.78, 5) is 26.8. The molecule has 2 heterocycles. The molecular formula is C28H30N2O3S. The van der Waals surface area contributed by atoms with E-state index in [4.69, 9.17) is 4.74 Å². The van der Waals surface area contributed by atoms with Crippen molar-refractivity contribution in [3.63, 3.8) is 0 Å². The van der Waals surface area contributed by atoms with Gasteiger partial charge in [-0.25, -0.2) is 4.79 Å². The number of hydrogen-bond acceptors (Lipinski definition) is 5. The van der Waals surface area contributed by atoms with Gasteiger partial charge in [-0.05, 0) is 71.6 Å². The van der Waals surface area contributed by atoms with Gasteiger partial charge in [0.25, 0.3) is 5.91 Å². The summed E-state index contributed by atoms with van der Waals surface area (Å²) in [7, 11) is 0. The van der Waals surface area contributed by atoms with Gasteiger partial charge in [0.15, 0.2) is 0 Å². The maximum absolute atomic E-state index is 12.9. The molecule has 0 saturated heterocycles. The van der Waals surface area contributed by atoms with Gasteiger partial charge in [-0.15, -0.1) is 11.3 Å². The van der Waals surface area contributed by atoms with Crippen LogP contribution < -0.4 is 15.4 Å². The lowest BCUT2D eigenvalue weighted by molar-refractivity contribution is 0.0734. The number of rotatable bonds is 3. The number of thiophene rings is 1. The quantitative estimate of drug-likeness (QED) is 0.348. The van der Waals surface area contributed by atoms with Crippen molar-refractivity contribution in [2.45, 2.75) is 58.5 Å². The van der Waals surface area contributed by atoms with Gasteiger partial charge in [0.2, 0.25) is 0 Å². The van der Waals surface area contributed by atoms with Crippen LogP contribution >= 0.6 is 11.3 Å². The minimum absolute atomic E-state index is 0.0139. The minimum atomic E-state index is -0.389. The van der Waals surface area contributed by atoms with E-state index in [2.05, 4.69) is 38.3 Å². The first kappa shape index (κ1) is 22.7. The van der Waals surface area contributed by atoms with Crippen molar-refractivity contribution in [1.29, 1.82) is 0 Å². The molecule has 2 atom stereocenters. The molecule has 1 aliphatic heterocycles. The van der Waals surface area contributed by atoms with E-state index in [1.54, 1.807) is 35.6 Å². The SMILES string of the molecule is C[C@@H]1CCc2c(sc3c2C(=O)N[C@H](c2ccc(OC(=O)c4ccc(C(C)(C)C)cc4)cc2)N3)C1. The molecule has 1 aliphatic carbocycles. The van der Waals surface area contributed by atoms with E-state index < -0.39 is 0 Å². The standard InChI is InChI=1S/C28H30N2O3S/c1-16-5-14-21-22(15-16)34-26-23(21)25(31)29-24(30-26)17-8-12-20(13-9-17)33-27(32)18-6-10-19(11-7-18)28(2,3)4/h6-13,16,24,30H,5,14-15H2,1-4H3,(H,29,31)/t16-,24+/m1/s1. The Morgan fingerprint density at radius 3 is 2.41 bits per heavy atom. The monoisotopic (exact) mass is 474 g/mol. The fourth-order valence-electron chi connectivity index (χ4n) is 4.63. The van der Waals surface area contributed by atoms with Crippen LogP contribution in [-0.4, -0.2) is 11.9 Å². The van der Waals surface area contributed by atoms with Crippen LogP contribution in [0.4, 0.5) is 5.00 Å². The van der Waals surface area contributed by atoms with Gasteiger partial charge < -0.3 is 15.4 Å². The highest BCUT2D eigenvalue weighted by Crippen LogP contribution is 2.42. The van der Waals surface area contributed by atoms with Gasteiger partial charge in [0.05, 0.1) is 11.1 Å². The van der Waals surface area contributed by atoms with Gasteiger partial charge >= 0.3 is 5.97 Å². The molecule has 5 rings (SSSR count). The van der Waals surface area contributed by atoms with E-state index in [1.807, 2.05) is 24.3 Å². The number of hydrogen-bond donors (Lipinski definition) is 2. The highest BCUT2D eigenvalue weighted by molar-refractivity contribution is 7.16. The Labute approximate surface area is 204 Å². The second kappa shape index (κ2) is 8.58. The third-order valence-electron chi connectivity index (χ3n) is 6.70. The van der Waals surface area contributed by atoms with Crippen molar-refractivity contribution in [1.82, 2.24) is 5.32 Å². The molecule has 0 unspecified atom stereocenters. The summed E-state index contributed by atoms with van der Waals surface area (Å²) in [5.74, 6) is 0.732. The lowest BCUT2D eigenvalue weighted by Gasteiger charge is -2.27. The van der Waals surface area contributed by atoms with Gasteiger partial charge in [0, 0.05) is 4.88 Å². The Bertz CT molecular complexity index is 1240. The van der Waals surface area contributed by atoms with Crippen LogP contribution in [0.3, 0.4) is 0 Å². The predicted octanol–water partition coefficient (Wildman–Crippen LogP) is 6.24. The minimum Gasteiger partial charge on any atom is -0.423 e. The molecule has 3 aromatic rings. The van der Waals surface area contributed by atoms with E-state index in [9.17, 15) is 9.59 Å². The van der Waals surface area contributed by atoms with Crippen molar-refractivity contribution in [3.8, 4) is 5.75 Å². The van der Waals surface area contributed by atoms with Gasteiger partial charge in [0.1, 0.15) is 16.9 Å². The number of anilines is 1. The number of amides is 1. The van der Waals surface area contributed by atoms with Crippen molar-refractivity contribution < 1.29 is 14.3 Å². The number of carbonyl (C=O) groups is 2. The van der Waals surface area contributed by atoms with Gasteiger partial charge in [-0.2, -0.15) is 0 Å². The third-order valence-corrected chi connectivity index (χ3v) is 7.89. The first-order valence-electron chi connectivity index (χ1n) is 11.8. The predicted molar refractivity (Wildman–Crippen MR) is 136 cm³/mol. The summed E-state index contributed by atoms with van der Waals surface area (Å²) in [5, 5.41) is 7.55. The number of carbonyl (C=O) groups excluding carboxylic acids is 2. The first-order chi connectivity index (χ1) is 16.2. The Morgan fingerprint density at radius 2 is 1.74 bits per heavy atom. The largest absolute Gasteiger partial charge is 0.423 e. The number of nitrogens with one attached hydrogen (secondary N) is 2. The summed E-state index contributed by atoms with van der Waals surface area (Å²) >= 11 is 1.71. The summed E-state index contributed by atoms with van der Waals surface area (Å²) in [6, 6.07) is 14.8. The van der Waals surface area contributed by atoms with Gasteiger partial charge in [-0.1, -0.05) is 52.0 Å². The van der Waals surface area contributed by atoms with E-state index in [1.165, 1.54) is 16.0 Å². The molecule has 176 valence electrons. The molecule has 1 amide bonds. The zero-order chi connectivity index (χ0) is 24.0. The molecule has 5 nitrogen and oxygen atoms in total. The third kappa shape index (κ3) is 4.34. The number of ether oxygens (including phenoxy) is 1. The average molecular weight is 475 g/mol.